The van der Waals surface area contributed by atoms with Crippen LogP contribution in [0.4, 0.5) is 11.4 Å². The largest absolute Gasteiger partial charge is 0.489 e. The normalized spacial score (nSPS) is 11.6. The molecule has 0 spiro atoms. The molecule has 0 amide bonds. The highest BCUT2D eigenvalue weighted by Gasteiger charge is 2.07. The molecule has 0 aliphatic heterocycles. The van der Waals surface area contributed by atoms with E-state index in [-0.39, 0.29) is 6.10 Å². The molecule has 7 heteroatoms. The van der Waals surface area contributed by atoms with Gasteiger partial charge in [0.05, 0.1) is 23.7 Å². The second kappa shape index (κ2) is 6.63. The summed E-state index contributed by atoms with van der Waals surface area (Å²) in [6.45, 7) is 4.60. The van der Waals surface area contributed by atoms with Gasteiger partial charge in [-0.05, 0) is 26.0 Å². The van der Waals surface area contributed by atoms with E-state index in [9.17, 15) is 8.42 Å². The summed E-state index contributed by atoms with van der Waals surface area (Å²) < 4.78 is 29.8. The van der Waals surface area contributed by atoms with Crippen molar-refractivity contribution < 1.29 is 13.2 Å². The molecule has 108 valence electrons. The zero-order chi connectivity index (χ0) is 14.5. The highest BCUT2D eigenvalue weighted by molar-refractivity contribution is 7.88. The maximum atomic E-state index is 10.9. The van der Waals surface area contributed by atoms with Gasteiger partial charge in [-0.1, -0.05) is 6.07 Å². The summed E-state index contributed by atoms with van der Waals surface area (Å²) in [6.07, 6.45) is 1.17. The molecule has 1 aromatic rings. The van der Waals surface area contributed by atoms with Crippen molar-refractivity contribution in [3.63, 3.8) is 0 Å². The van der Waals surface area contributed by atoms with Crippen LogP contribution in [0.1, 0.15) is 13.8 Å². The number of sulfonamides is 1. The highest BCUT2D eigenvalue weighted by Crippen LogP contribution is 2.29. The van der Waals surface area contributed by atoms with Crippen molar-refractivity contribution in [2.24, 2.45) is 0 Å². The van der Waals surface area contributed by atoms with E-state index in [1.807, 2.05) is 26.0 Å². The lowest BCUT2D eigenvalue weighted by Gasteiger charge is -2.15. The quantitative estimate of drug-likeness (QED) is 0.514. The Morgan fingerprint density at radius 3 is 2.58 bits per heavy atom. The topological polar surface area (TPSA) is 93.5 Å². The summed E-state index contributed by atoms with van der Waals surface area (Å²) in [4.78, 5) is 0. The van der Waals surface area contributed by atoms with Crippen LogP contribution < -0.4 is 20.5 Å². The summed E-state index contributed by atoms with van der Waals surface area (Å²) >= 11 is 0. The Kier molecular flexibility index (Phi) is 5.44. The molecule has 1 aromatic carbocycles. The second-order valence-electron chi connectivity index (χ2n) is 4.48. The summed E-state index contributed by atoms with van der Waals surface area (Å²) in [5.41, 5.74) is 7.23. The molecule has 0 aliphatic carbocycles. The molecule has 0 radical (unpaired) electrons. The number of nitrogens with one attached hydrogen (secondary N) is 2. The van der Waals surface area contributed by atoms with E-state index in [1.54, 1.807) is 6.07 Å². The minimum Gasteiger partial charge on any atom is -0.489 e. The van der Waals surface area contributed by atoms with Gasteiger partial charge < -0.3 is 15.8 Å². The molecule has 6 nitrogen and oxygen atoms in total. The fourth-order valence-corrected chi connectivity index (χ4v) is 1.96. The molecule has 0 fully saturated rings. The van der Waals surface area contributed by atoms with Gasteiger partial charge in [0.2, 0.25) is 10.0 Å². The van der Waals surface area contributed by atoms with Crippen LogP contribution >= 0.6 is 0 Å². The van der Waals surface area contributed by atoms with E-state index in [1.165, 1.54) is 0 Å². The van der Waals surface area contributed by atoms with Gasteiger partial charge in [-0.25, -0.2) is 13.1 Å². The van der Waals surface area contributed by atoms with Crippen LogP contribution in [0.5, 0.6) is 5.75 Å². The van der Waals surface area contributed by atoms with Crippen LogP contribution in [0.2, 0.25) is 0 Å². The SMILES string of the molecule is CC(C)Oc1cccc(NCCNS(C)(=O)=O)c1N. The van der Waals surface area contributed by atoms with E-state index in [4.69, 9.17) is 10.5 Å². The zero-order valence-electron chi connectivity index (χ0n) is 11.4. The van der Waals surface area contributed by atoms with E-state index in [2.05, 4.69) is 10.0 Å². The van der Waals surface area contributed by atoms with Gasteiger partial charge in [-0.3, -0.25) is 0 Å². The Labute approximate surface area is 114 Å². The highest BCUT2D eigenvalue weighted by atomic mass is 32.2. The monoisotopic (exact) mass is 287 g/mol. The predicted octanol–water partition coefficient (Wildman–Crippen LogP) is 1.02. The van der Waals surface area contributed by atoms with Crippen LogP contribution in [-0.4, -0.2) is 33.9 Å². The number of hydrogen-bond acceptors (Lipinski definition) is 5. The first kappa shape index (κ1) is 15.6. The van der Waals surface area contributed by atoms with E-state index in [0.29, 0.717) is 24.5 Å². The first-order valence-corrected chi connectivity index (χ1v) is 7.92. The van der Waals surface area contributed by atoms with E-state index < -0.39 is 10.0 Å². The summed E-state index contributed by atoms with van der Waals surface area (Å²) in [5.74, 6) is 0.621. The predicted molar refractivity (Wildman–Crippen MR) is 78.0 cm³/mol. The number of nitrogen functional groups attached to an aromatic ring is 1. The molecular formula is C12H21N3O3S. The Morgan fingerprint density at radius 1 is 1.32 bits per heavy atom. The molecule has 0 unspecified atom stereocenters. The fraction of sp³-hybridized carbons (Fsp3) is 0.500. The fourth-order valence-electron chi connectivity index (χ4n) is 1.49. The molecule has 0 aromatic heterocycles. The molecule has 0 aliphatic rings. The lowest BCUT2D eigenvalue weighted by Crippen LogP contribution is -2.27. The van der Waals surface area contributed by atoms with Gasteiger partial charge in [0.1, 0.15) is 5.75 Å². The number of benzene rings is 1. The van der Waals surface area contributed by atoms with Crippen molar-refractivity contribution >= 4 is 21.4 Å². The average Bonchev–Trinajstić information content (AvgIpc) is 2.27. The van der Waals surface area contributed by atoms with Crippen LogP contribution in [0, 0.1) is 0 Å². The molecule has 19 heavy (non-hydrogen) atoms. The molecular weight excluding hydrogens is 266 g/mol. The van der Waals surface area contributed by atoms with Crippen molar-refractivity contribution in [2.45, 2.75) is 20.0 Å². The number of nitrogens with two attached hydrogens (primary N) is 1. The summed E-state index contributed by atoms with van der Waals surface area (Å²) in [5, 5.41) is 3.07. The number of rotatable bonds is 7. The molecule has 1 rings (SSSR count). The minimum atomic E-state index is -3.16. The van der Waals surface area contributed by atoms with Crippen molar-refractivity contribution in [3.8, 4) is 5.75 Å². The Bertz CT molecular complexity index is 515. The van der Waals surface area contributed by atoms with Gasteiger partial charge >= 0.3 is 0 Å². The van der Waals surface area contributed by atoms with Crippen LogP contribution in [0.15, 0.2) is 18.2 Å². The molecule has 0 heterocycles. The number of para-hydroxylation sites is 1. The van der Waals surface area contributed by atoms with Crippen molar-refractivity contribution in [1.82, 2.24) is 4.72 Å². The average molecular weight is 287 g/mol. The van der Waals surface area contributed by atoms with Gasteiger partial charge in [-0.15, -0.1) is 0 Å². The summed E-state index contributed by atoms with van der Waals surface area (Å²) in [6, 6.07) is 5.46. The van der Waals surface area contributed by atoms with Gasteiger partial charge in [0, 0.05) is 13.1 Å². The third-order valence-electron chi connectivity index (χ3n) is 2.23. The van der Waals surface area contributed by atoms with Crippen LogP contribution in [0.25, 0.3) is 0 Å². The lowest BCUT2D eigenvalue weighted by molar-refractivity contribution is 0.244. The number of ether oxygens (including phenoxy) is 1. The Balaban J connectivity index is 2.59. The third kappa shape index (κ3) is 5.80. The molecule has 0 atom stereocenters. The van der Waals surface area contributed by atoms with Gasteiger partial charge in [-0.2, -0.15) is 0 Å². The van der Waals surface area contributed by atoms with Crippen LogP contribution in [0.3, 0.4) is 0 Å². The molecule has 4 N–H and O–H groups in total. The zero-order valence-corrected chi connectivity index (χ0v) is 12.3. The number of hydrogen-bond donors (Lipinski definition) is 3. The van der Waals surface area contributed by atoms with E-state index in [0.717, 1.165) is 11.9 Å². The molecule has 0 bridgehead atoms. The van der Waals surface area contributed by atoms with Crippen LogP contribution in [-0.2, 0) is 10.0 Å². The molecule has 0 saturated carbocycles. The van der Waals surface area contributed by atoms with Crippen molar-refractivity contribution in [2.75, 3.05) is 30.4 Å². The Morgan fingerprint density at radius 2 is 2.00 bits per heavy atom. The first-order chi connectivity index (χ1) is 8.79. The standard InChI is InChI=1S/C12H21N3O3S/c1-9(2)18-11-6-4-5-10(12(11)13)14-7-8-15-19(3,16)17/h4-6,9,14-15H,7-8,13H2,1-3H3. The number of anilines is 2. The summed E-state index contributed by atoms with van der Waals surface area (Å²) in [7, 11) is -3.16. The van der Waals surface area contributed by atoms with Crippen molar-refractivity contribution in [1.29, 1.82) is 0 Å². The van der Waals surface area contributed by atoms with Gasteiger partial charge in [0.25, 0.3) is 0 Å². The van der Waals surface area contributed by atoms with E-state index >= 15 is 0 Å². The third-order valence-corrected chi connectivity index (χ3v) is 2.96. The maximum Gasteiger partial charge on any atom is 0.208 e. The smallest absolute Gasteiger partial charge is 0.208 e. The van der Waals surface area contributed by atoms with Gasteiger partial charge in [0.15, 0.2) is 0 Å². The van der Waals surface area contributed by atoms with Crippen molar-refractivity contribution in [3.05, 3.63) is 18.2 Å². The lowest BCUT2D eigenvalue weighted by atomic mass is 10.2. The first-order valence-electron chi connectivity index (χ1n) is 6.03. The maximum absolute atomic E-state index is 10.9. The second-order valence-corrected chi connectivity index (χ2v) is 6.31. The Hall–Kier alpha value is -1.47. The molecule has 0 saturated heterocycles. The minimum absolute atomic E-state index is 0.0458.